The summed E-state index contributed by atoms with van der Waals surface area (Å²) in [5.74, 6) is 0. The largest absolute Gasteiger partial charge is 2.00 e. The number of nitrogens with zero attached hydrogens (tertiary/aromatic N) is 4. The average molecular weight is 2650 g/mol. The second-order valence-corrected chi connectivity index (χ2v) is 10.7. The van der Waals surface area contributed by atoms with E-state index >= 15 is 0 Å². The zero-order valence-electron chi connectivity index (χ0n) is 34.9. The maximum absolute atomic E-state index is 2.12. The van der Waals surface area contributed by atoms with Crippen molar-refractivity contribution in [3.63, 3.8) is 0 Å². The van der Waals surface area contributed by atoms with Crippen LogP contribution in [0.5, 0.6) is 0 Å². The maximum atomic E-state index is 2.12. The molecule has 0 aromatic carbocycles. The Labute approximate surface area is 510 Å². The number of hydrogen-bond acceptors (Lipinski definition) is 0. The number of quaternary nitrogens is 4. The predicted octanol–water partition coefficient (Wildman–Crippen LogP) is -2.54. The van der Waals surface area contributed by atoms with Crippen molar-refractivity contribution in [1.29, 1.82) is 0 Å². The van der Waals surface area contributed by atoms with Crippen molar-refractivity contribution < 1.29 is 404 Å². The standard InChI is InChI=1S/4C4H12N.32O.10W/c4*1-5(2,3)4;;;;;;;;;;;;;;;;;;;;;;;;;;;;;;;;;;;;;;;;;;/h4*1-4H3;;;;;;;;;;;;;;;;;;;;;;;;;;;;;;;;;;;;;;;;;;/q4*+1;32*-2;;;;;;;;;;. The SMILES string of the molecule is C[N+](C)(C)C.C[N+](C)(C)C.C[N+](C)(C)C.C[N+](C)(C)C.[O-2].[O-2].[O-2].[O-2].[O-2].[O-2].[O-2].[O-2].[O-2].[O-2].[O-2].[O-2].[O-2].[O-2].[O-2].[O-2].[O-2].[O-2].[O-2].[O-2].[O-2].[O-2].[O-2].[O-2].[O-2].[O-2].[O-2].[O-2].[O-2].[O-2].[O-2].[O-2].[W].[W].[W].[W].[W].[W].[W].[W].[W].[W]. The molecule has 0 aliphatic rings. The Morgan fingerprint density at radius 1 is 0.0968 bits per heavy atom. The van der Waals surface area contributed by atoms with E-state index in [1.807, 2.05) is 0 Å². The minimum absolute atomic E-state index is 0. The second kappa shape index (κ2) is 328. The van der Waals surface area contributed by atoms with Crippen molar-refractivity contribution >= 4 is 0 Å². The normalized spacial score (nSPS) is 3.87. The second-order valence-electron chi connectivity index (χ2n) is 10.7. The van der Waals surface area contributed by atoms with E-state index < -0.39 is 0 Å². The van der Waals surface area contributed by atoms with Gasteiger partial charge in [-0.3, -0.25) is 0 Å². The van der Waals surface area contributed by atoms with Gasteiger partial charge in [-0.05, 0) is 0 Å². The van der Waals surface area contributed by atoms with Crippen LogP contribution in [0.4, 0.5) is 0 Å². The van der Waals surface area contributed by atoms with Crippen LogP contribution in [0.2, 0.25) is 0 Å². The van der Waals surface area contributed by atoms with Gasteiger partial charge in [0.25, 0.3) is 0 Å². The van der Waals surface area contributed by atoms with Crippen molar-refractivity contribution in [3.05, 3.63) is 0 Å². The van der Waals surface area contributed by atoms with Crippen molar-refractivity contribution in [2.45, 2.75) is 0 Å². The molecule has 0 fully saturated rings. The third-order valence-corrected chi connectivity index (χ3v) is 0. The van der Waals surface area contributed by atoms with Gasteiger partial charge in [0.1, 0.15) is 0 Å². The van der Waals surface area contributed by atoms with Crippen LogP contribution in [0.15, 0.2) is 0 Å². The van der Waals surface area contributed by atoms with Gasteiger partial charge in [0.2, 0.25) is 0 Å². The van der Waals surface area contributed by atoms with E-state index in [9.17, 15) is 0 Å². The first-order valence-corrected chi connectivity index (χ1v) is 7.16. The Morgan fingerprint density at radius 3 is 0.0968 bits per heavy atom. The van der Waals surface area contributed by atoms with E-state index in [-0.39, 0.29) is 386 Å². The summed E-state index contributed by atoms with van der Waals surface area (Å²) in [6.45, 7) is 0. The van der Waals surface area contributed by atoms with Crippen LogP contribution in [-0.4, -0.2) is 131 Å². The van der Waals surface area contributed by atoms with Crippen molar-refractivity contribution in [2.24, 2.45) is 0 Å². The minimum atomic E-state index is 0. The Hall–Kier alpha value is 5.44. The van der Waals surface area contributed by atoms with Gasteiger partial charge in [-0.15, -0.1) is 0 Å². The summed E-state index contributed by atoms with van der Waals surface area (Å²) >= 11 is 0. The predicted molar refractivity (Wildman–Crippen MR) is 118 cm³/mol. The van der Waals surface area contributed by atoms with E-state index in [1.54, 1.807) is 0 Å². The molecule has 36 nitrogen and oxygen atoms in total. The third-order valence-electron chi connectivity index (χ3n) is 0. The molecule has 0 bridgehead atoms. The van der Waals surface area contributed by atoms with Crippen molar-refractivity contribution in [2.75, 3.05) is 113 Å². The molecule has 0 spiro atoms. The van der Waals surface area contributed by atoms with Crippen LogP contribution < -0.4 is 0 Å². The van der Waals surface area contributed by atoms with Gasteiger partial charge in [0.15, 0.2) is 0 Å². The Bertz CT molecular complexity index is 214. The zero-order valence-corrected chi connectivity index (χ0v) is 64.3. The summed E-state index contributed by atoms with van der Waals surface area (Å²) in [4.78, 5) is 0. The molecule has 0 amide bonds. The molecule has 0 radical (unpaired) electrons. The summed E-state index contributed by atoms with van der Waals surface area (Å²) < 4.78 is 4.00. The van der Waals surface area contributed by atoms with E-state index in [2.05, 4.69) is 113 Å². The number of hydrogen-bond donors (Lipinski definition) is 0. The van der Waals surface area contributed by atoms with Gasteiger partial charge < -0.3 is 193 Å². The monoisotopic (exact) mass is 2650 g/mol. The van der Waals surface area contributed by atoms with Crippen LogP contribution in [0, 0.1) is 0 Å². The molecule has 0 N–H and O–H groups in total. The first-order chi connectivity index (χ1) is 8.00. The van der Waals surface area contributed by atoms with Gasteiger partial charge in [0.05, 0.1) is 113 Å². The average Bonchev–Trinajstić information content (AvgIpc) is 1.62. The molecule has 0 atom stereocenters. The van der Waals surface area contributed by atoms with Crippen molar-refractivity contribution in [1.82, 2.24) is 0 Å². The maximum Gasteiger partial charge on any atom is 0.0675 e. The minimum Gasteiger partial charge on any atom is -2.00 e. The molecule has 0 heterocycles. The van der Waals surface area contributed by atoms with Gasteiger partial charge in [-0.1, -0.05) is 0 Å². The molecular weight excluding hydrogens is 2600 g/mol. The molecule has 0 aromatic rings. The fraction of sp³-hybridized carbons (Fsp3) is 1.00. The summed E-state index contributed by atoms with van der Waals surface area (Å²) in [5.41, 5.74) is 0. The molecule has 46 heteroatoms. The molecule has 0 unspecified atom stereocenters. The molecule has 0 aromatic heterocycles. The Balaban J connectivity index is -0.00000000102. The zero-order chi connectivity index (χ0) is 18.0. The molecule has 0 saturated carbocycles. The van der Waals surface area contributed by atoms with Gasteiger partial charge in [-0.2, -0.15) is 0 Å². The molecular formula is C16H48N4O32W10-60. The van der Waals surface area contributed by atoms with Crippen molar-refractivity contribution in [3.8, 4) is 0 Å². The van der Waals surface area contributed by atoms with Gasteiger partial charge in [-0.25, -0.2) is 0 Å². The first kappa shape index (κ1) is 648. The summed E-state index contributed by atoms with van der Waals surface area (Å²) in [5, 5.41) is 0. The smallest absolute Gasteiger partial charge is 0.0675 e. The fourth-order valence-electron chi connectivity index (χ4n) is 0. The van der Waals surface area contributed by atoms with Crippen LogP contribution in [0.25, 0.3) is 0 Å². The van der Waals surface area contributed by atoms with Gasteiger partial charge in [0, 0.05) is 211 Å². The first-order valence-electron chi connectivity index (χ1n) is 7.16. The third kappa shape index (κ3) is 9170. The number of rotatable bonds is 0. The topological polar surface area (TPSA) is 912 Å². The molecule has 0 saturated heterocycles. The van der Waals surface area contributed by atoms with E-state index in [4.69, 9.17) is 0 Å². The summed E-state index contributed by atoms with van der Waals surface area (Å²) in [7, 11) is 34.0. The van der Waals surface area contributed by atoms with Crippen LogP contribution in [-0.2, 0) is 386 Å². The quantitative estimate of drug-likeness (QED) is 0.227. The Morgan fingerprint density at radius 2 is 0.0968 bits per heavy atom. The van der Waals surface area contributed by atoms with Gasteiger partial charge >= 0.3 is 0 Å². The fourth-order valence-corrected chi connectivity index (χ4v) is 0. The van der Waals surface area contributed by atoms with E-state index in [0.717, 1.165) is 17.9 Å². The molecule has 62 heavy (non-hydrogen) atoms. The van der Waals surface area contributed by atoms with Crippen LogP contribution >= 0.6 is 0 Å². The molecule has 444 valence electrons. The Kier molecular flexibility index (Phi) is 3430. The molecule has 0 aliphatic carbocycles. The summed E-state index contributed by atoms with van der Waals surface area (Å²) in [6.07, 6.45) is 0. The van der Waals surface area contributed by atoms with Crippen LogP contribution in [0.1, 0.15) is 0 Å². The molecule has 0 rings (SSSR count). The molecule has 0 aliphatic heterocycles. The van der Waals surface area contributed by atoms with E-state index in [1.165, 1.54) is 0 Å². The summed E-state index contributed by atoms with van der Waals surface area (Å²) in [6, 6.07) is 0. The van der Waals surface area contributed by atoms with E-state index in [0.29, 0.717) is 0 Å². The van der Waals surface area contributed by atoms with Crippen LogP contribution in [0.3, 0.4) is 0 Å².